The molecule has 7 heteroatoms. The van der Waals surface area contributed by atoms with Crippen molar-refractivity contribution >= 4 is 28.7 Å². The zero-order valence-corrected chi connectivity index (χ0v) is 8.49. The number of benzene rings is 1. The van der Waals surface area contributed by atoms with Crippen molar-refractivity contribution in [3.8, 4) is 0 Å². The van der Waals surface area contributed by atoms with Crippen molar-refractivity contribution in [3.63, 3.8) is 0 Å². The van der Waals surface area contributed by atoms with Crippen molar-refractivity contribution in [2.45, 2.75) is 0 Å². The van der Waals surface area contributed by atoms with Crippen LogP contribution in [0.25, 0.3) is 0 Å². The summed E-state index contributed by atoms with van der Waals surface area (Å²) < 4.78 is 0. The summed E-state index contributed by atoms with van der Waals surface area (Å²) in [6.07, 6.45) is 0. The molecule has 0 saturated heterocycles. The third-order valence-corrected chi connectivity index (χ3v) is 2.05. The molecule has 0 amide bonds. The molecular weight excluding hydrogens is 222 g/mol. The Hall–Kier alpha value is -1.53. The number of nitrogen functional groups attached to an aromatic ring is 1. The highest BCUT2D eigenvalue weighted by Crippen LogP contribution is 2.32. The highest BCUT2D eigenvalue weighted by molar-refractivity contribution is 6.33. The van der Waals surface area contributed by atoms with E-state index in [4.69, 9.17) is 22.4 Å². The van der Waals surface area contributed by atoms with Crippen molar-refractivity contribution in [3.05, 3.63) is 27.3 Å². The normalized spacial score (nSPS) is 10.0. The van der Waals surface area contributed by atoms with E-state index in [2.05, 4.69) is 5.32 Å². The molecule has 0 spiro atoms. The van der Waals surface area contributed by atoms with Gasteiger partial charge in [-0.2, -0.15) is 0 Å². The Bertz CT molecular complexity index is 384. The second-order valence-electron chi connectivity index (χ2n) is 2.80. The summed E-state index contributed by atoms with van der Waals surface area (Å²) in [5, 5.41) is 22.1. The number of anilines is 2. The molecule has 1 rings (SSSR count). The summed E-state index contributed by atoms with van der Waals surface area (Å²) in [6.45, 7) is 0.240. The van der Waals surface area contributed by atoms with E-state index in [1.165, 1.54) is 12.1 Å². The second kappa shape index (κ2) is 4.81. The molecular formula is C8H10ClN3O3. The lowest BCUT2D eigenvalue weighted by molar-refractivity contribution is -0.383. The summed E-state index contributed by atoms with van der Waals surface area (Å²) >= 11 is 5.78. The van der Waals surface area contributed by atoms with Crippen molar-refractivity contribution in [1.82, 2.24) is 0 Å². The Morgan fingerprint density at radius 2 is 2.27 bits per heavy atom. The van der Waals surface area contributed by atoms with E-state index >= 15 is 0 Å². The van der Waals surface area contributed by atoms with Gasteiger partial charge in [0.2, 0.25) is 0 Å². The van der Waals surface area contributed by atoms with Gasteiger partial charge in [0.05, 0.1) is 22.2 Å². The number of nitro benzene ring substituents is 1. The lowest BCUT2D eigenvalue weighted by Gasteiger charge is -2.07. The van der Waals surface area contributed by atoms with Gasteiger partial charge in [0.25, 0.3) is 5.69 Å². The Balaban J connectivity index is 3.02. The standard InChI is InChI=1S/C8H10ClN3O3/c9-5-3-8(12(14)15)6(10)4-7(5)11-1-2-13/h3-4,11,13H,1-2,10H2. The predicted octanol–water partition coefficient (Wildman–Crippen LogP) is 1.23. The van der Waals surface area contributed by atoms with E-state index in [-0.39, 0.29) is 23.0 Å². The minimum atomic E-state index is -0.600. The summed E-state index contributed by atoms with van der Waals surface area (Å²) in [7, 11) is 0. The fourth-order valence-electron chi connectivity index (χ4n) is 1.06. The number of nitrogens with zero attached hydrogens (tertiary/aromatic N) is 1. The van der Waals surface area contributed by atoms with Crippen LogP contribution in [-0.2, 0) is 0 Å². The number of nitro groups is 1. The van der Waals surface area contributed by atoms with Crippen LogP contribution in [0.2, 0.25) is 5.02 Å². The average Bonchev–Trinajstić information content (AvgIpc) is 2.18. The van der Waals surface area contributed by atoms with Gasteiger partial charge in [0.15, 0.2) is 0 Å². The van der Waals surface area contributed by atoms with Crippen LogP contribution in [0.4, 0.5) is 17.1 Å². The van der Waals surface area contributed by atoms with Gasteiger partial charge in [-0.3, -0.25) is 10.1 Å². The number of aliphatic hydroxyl groups is 1. The maximum atomic E-state index is 10.5. The highest BCUT2D eigenvalue weighted by atomic mass is 35.5. The van der Waals surface area contributed by atoms with Crippen molar-refractivity contribution in [2.24, 2.45) is 0 Å². The first-order chi connectivity index (χ1) is 7.06. The Kier molecular flexibility index (Phi) is 3.70. The van der Waals surface area contributed by atoms with E-state index < -0.39 is 4.92 Å². The van der Waals surface area contributed by atoms with Crippen molar-refractivity contribution < 1.29 is 10.0 Å². The van der Waals surface area contributed by atoms with E-state index in [0.717, 1.165) is 0 Å². The summed E-state index contributed by atoms with van der Waals surface area (Å²) in [4.78, 5) is 9.91. The molecule has 0 heterocycles. The Labute approximate surface area is 90.8 Å². The lowest BCUT2D eigenvalue weighted by Crippen LogP contribution is -2.07. The van der Waals surface area contributed by atoms with Crippen LogP contribution in [0, 0.1) is 10.1 Å². The van der Waals surface area contributed by atoms with E-state index in [1.54, 1.807) is 0 Å². The molecule has 1 aromatic rings. The van der Waals surface area contributed by atoms with Crippen LogP contribution in [-0.4, -0.2) is 23.2 Å². The van der Waals surface area contributed by atoms with E-state index in [0.29, 0.717) is 12.2 Å². The van der Waals surface area contributed by atoms with Gasteiger partial charge >= 0.3 is 0 Å². The van der Waals surface area contributed by atoms with Crippen LogP contribution in [0.15, 0.2) is 12.1 Å². The van der Waals surface area contributed by atoms with Gasteiger partial charge in [0.1, 0.15) is 5.69 Å². The monoisotopic (exact) mass is 231 g/mol. The predicted molar refractivity (Wildman–Crippen MR) is 58.1 cm³/mol. The van der Waals surface area contributed by atoms with Gasteiger partial charge in [-0.1, -0.05) is 11.6 Å². The molecule has 0 fully saturated rings. The first kappa shape index (κ1) is 11.5. The first-order valence-corrected chi connectivity index (χ1v) is 4.52. The quantitative estimate of drug-likeness (QED) is 0.411. The molecule has 0 aromatic heterocycles. The smallest absolute Gasteiger partial charge is 0.293 e. The number of hydrogen-bond donors (Lipinski definition) is 3. The number of rotatable bonds is 4. The third-order valence-electron chi connectivity index (χ3n) is 1.74. The van der Waals surface area contributed by atoms with Gasteiger partial charge < -0.3 is 16.2 Å². The number of nitrogens with one attached hydrogen (secondary N) is 1. The molecule has 0 aliphatic rings. The maximum Gasteiger partial charge on any atom is 0.293 e. The first-order valence-electron chi connectivity index (χ1n) is 4.14. The summed E-state index contributed by atoms with van der Waals surface area (Å²) in [5.74, 6) is 0. The molecule has 0 radical (unpaired) electrons. The minimum Gasteiger partial charge on any atom is -0.395 e. The van der Waals surface area contributed by atoms with E-state index in [1.807, 2.05) is 0 Å². The number of aliphatic hydroxyl groups excluding tert-OH is 1. The molecule has 0 unspecified atom stereocenters. The van der Waals surface area contributed by atoms with Crippen LogP contribution in [0.3, 0.4) is 0 Å². The number of hydrogen-bond acceptors (Lipinski definition) is 5. The van der Waals surface area contributed by atoms with Gasteiger partial charge in [-0.15, -0.1) is 0 Å². The van der Waals surface area contributed by atoms with Crippen LogP contribution in [0.5, 0.6) is 0 Å². The zero-order chi connectivity index (χ0) is 11.4. The highest BCUT2D eigenvalue weighted by Gasteiger charge is 2.14. The molecule has 0 saturated carbocycles. The molecule has 6 nitrogen and oxygen atoms in total. The molecule has 0 atom stereocenters. The largest absolute Gasteiger partial charge is 0.395 e. The van der Waals surface area contributed by atoms with Crippen molar-refractivity contribution in [2.75, 3.05) is 24.2 Å². The number of nitrogens with two attached hydrogens (primary N) is 1. The molecule has 82 valence electrons. The average molecular weight is 232 g/mol. The van der Waals surface area contributed by atoms with Crippen LogP contribution < -0.4 is 11.1 Å². The zero-order valence-electron chi connectivity index (χ0n) is 7.74. The fraction of sp³-hybridized carbons (Fsp3) is 0.250. The van der Waals surface area contributed by atoms with Crippen LogP contribution in [0.1, 0.15) is 0 Å². The molecule has 0 aliphatic heterocycles. The Morgan fingerprint density at radius 3 is 2.80 bits per heavy atom. The lowest BCUT2D eigenvalue weighted by atomic mass is 10.2. The fourth-order valence-corrected chi connectivity index (χ4v) is 1.29. The summed E-state index contributed by atoms with van der Waals surface area (Å²) in [5.41, 5.74) is 5.73. The molecule has 15 heavy (non-hydrogen) atoms. The SMILES string of the molecule is Nc1cc(NCCO)c(Cl)cc1[N+](=O)[O-]. The maximum absolute atomic E-state index is 10.5. The topological polar surface area (TPSA) is 101 Å². The van der Waals surface area contributed by atoms with Gasteiger partial charge in [-0.05, 0) is 6.07 Å². The molecule has 1 aromatic carbocycles. The van der Waals surface area contributed by atoms with Gasteiger partial charge in [-0.25, -0.2) is 0 Å². The molecule has 0 aliphatic carbocycles. The van der Waals surface area contributed by atoms with Crippen LogP contribution >= 0.6 is 11.6 Å². The number of halogens is 1. The second-order valence-corrected chi connectivity index (χ2v) is 3.21. The van der Waals surface area contributed by atoms with E-state index in [9.17, 15) is 10.1 Å². The summed E-state index contributed by atoms with van der Waals surface area (Å²) in [6, 6.07) is 2.55. The van der Waals surface area contributed by atoms with Gasteiger partial charge in [0, 0.05) is 12.6 Å². The molecule has 0 bridgehead atoms. The Morgan fingerprint density at radius 1 is 1.60 bits per heavy atom. The molecule has 4 N–H and O–H groups in total. The third kappa shape index (κ3) is 2.71. The minimum absolute atomic E-state index is 0.0323. The van der Waals surface area contributed by atoms with Crippen molar-refractivity contribution in [1.29, 1.82) is 0 Å².